The summed E-state index contributed by atoms with van der Waals surface area (Å²) in [6.45, 7) is 2.21. The van der Waals surface area contributed by atoms with Crippen molar-refractivity contribution >= 4 is 44.8 Å². The zero-order valence-corrected chi connectivity index (χ0v) is 22.1. The first-order chi connectivity index (χ1) is 18.0. The summed E-state index contributed by atoms with van der Waals surface area (Å²) in [7, 11) is -2.21. The Morgan fingerprint density at radius 1 is 1.16 bits per heavy atom. The van der Waals surface area contributed by atoms with Gasteiger partial charge in [-0.05, 0) is 49.4 Å². The molecule has 5 rings (SSSR count). The molecule has 4 N–H and O–H groups in total. The molecule has 1 aliphatic rings. The van der Waals surface area contributed by atoms with Crippen LogP contribution in [0.1, 0.15) is 27.0 Å². The van der Waals surface area contributed by atoms with Gasteiger partial charge >= 0.3 is 0 Å². The monoisotopic (exact) mass is 557 g/mol. The fraction of sp³-hybridized carbons (Fsp3) is 0.154. The Labute approximate surface area is 224 Å². The lowest BCUT2D eigenvalue weighted by Crippen LogP contribution is -2.30. The van der Waals surface area contributed by atoms with Gasteiger partial charge in [0.15, 0.2) is 0 Å². The van der Waals surface area contributed by atoms with Crippen molar-refractivity contribution < 1.29 is 22.2 Å². The summed E-state index contributed by atoms with van der Waals surface area (Å²) in [5.41, 5.74) is 9.26. The molecule has 0 fully saturated rings. The molecule has 0 spiro atoms. The van der Waals surface area contributed by atoms with Crippen LogP contribution in [-0.4, -0.2) is 28.7 Å². The minimum atomic E-state index is -4.02. The van der Waals surface area contributed by atoms with Crippen molar-refractivity contribution in [3.8, 4) is 0 Å². The molecule has 3 aromatic carbocycles. The van der Waals surface area contributed by atoms with Gasteiger partial charge in [0.2, 0.25) is 0 Å². The molecule has 198 valence electrons. The number of nitrogens with one attached hydrogen (secondary N) is 1. The summed E-state index contributed by atoms with van der Waals surface area (Å²) < 4.78 is 45.4. The maximum absolute atomic E-state index is 14.2. The molecule has 2 heterocycles. The summed E-state index contributed by atoms with van der Waals surface area (Å²) in [6.07, 6.45) is 1.70. The van der Waals surface area contributed by atoms with E-state index < -0.39 is 15.9 Å². The van der Waals surface area contributed by atoms with Crippen molar-refractivity contribution in [1.29, 1.82) is 0 Å². The third kappa shape index (κ3) is 5.86. The number of hydrogen-bond acceptors (Lipinski definition) is 6. The molecule has 38 heavy (non-hydrogen) atoms. The maximum atomic E-state index is 14.2. The van der Waals surface area contributed by atoms with Crippen molar-refractivity contribution in [1.82, 2.24) is 9.78 Å². The van der Waals surface area contributed by atoms with Gasteiger partial charge in [-0.25, -0.2) is 4.39 Å². The van der Waals surface area contributed by atoms with Crippen molar-refractivity contribution in [3.63, 3.8) is 0 Å². The molecule has 0 atom stereocenters. The number of fused-ring (bicyclic) bond motifs is 2. The number of halogens is 2. The number of nitrogens with zero attached hydrogens (tertiary/aromatic N) is 3. The largest absolute Gasteiger partial charge is 0.338 e. The second kappa shape index (κ2) is 10.9. The van der Waals surface area contributed by atoms with E-state index in [-0.39, 0.29) is 22.9 Å². The molecular formula is C26H25ClFN5O4S. The molecule has 0 unspecified atom stereocenters. The highest BCUT2D eigenvalue weighted by Gasteiger charge is 2.27. The average molecular weight is 558 g/mol. The zero-order chi connectivity index (χ0) is 27.6. The molecule has 0 bridgehead atoms. The van der Waals surface area contributed by atoms with Gasteiger partial charge in [-0.2, -0.15) is 13.5 Å². The van der Waals surface area contributed by atoms with Gasteiger partial charge in [0, 0.05) is 35.3 Å². The van der Waals surface area contributed by atoms with Crippen LogP contribution in [-0.2, 0) is 30.3 Å². The van der Waals surface area contributed by atoms with Crippen LogP contribution < -0.4 is 16.0 Å². The number of rotatable bonds is 3. The van der Waals surface area contributed by atoms with E-state index in [1.165, 1.54) is 24.3 Å². The van der Waals surface area contributed by atoms with Gasteiger partial charge in [-0.3, -0.25) is 14.0 Å². The Hall–Kier alpha value is -3.77. The summed E-state index contributed by atoms with van der Waals surface area (Å²) in [6, 6.07) is 15.6. The van der Waals surface area contributed by atoms with Gasteiger partial charge < -0.3 is 16.0 Å². The molecule has 4 aromatic rings. The highest BCUT2D eigenvalue weighted by molar-refractivity contribution is 7.85. The standard InChI is InChI=1S/C19H17ClFN5O.C7H8O3S/c1-25-18-13(9-23-25)10-26(17-5-4-14(20)7-16(17)24-18)19(27)11-2-3-12(8-22)15(21)6-11;1-6-2-4-7(5-3-6)11(8,9)10/h2-7,9,24H,8,10,22H2,1H3;2-5H,1H3,(H,8,9,10). The minimum absolute atomic E-state index is 0.0666. The zero-order valence-electron chi connectivity index (χ0n) is 20.5. The van der Waals surface area contributed by atoms with Crippen LogP contribution in [0.25, 0.3) is 0 Å². The number of nitrogens with two attached hydrogens (primary N) is 1. The summed E-state index contributed by atoms with van der Waals surface area (Å²) in [5.74, 6) is -0.0345. The summed E-state index contributed by atoms with van der Waals surface area (Å²) in [5, 5.41) is 8.08. The van der Waals surface area contributed by atoms with E-state index in [2.05, 4.69) is 10.4 Å². The highest BCUT2D eigenvalue weighted by atomic mass is 35.5. The second-order valence-corrected chi connectivity index (χ2v) is 10.5. The van der Waals surface area contributed by atoms with Crippen LogP contribution >= 0.6 is 11.6 Å². The van der Waals surface area contributed by atoms with Crippen molar-refractivity contribution in [2.75, 3.05) is 10.2 Å². The van der Waals surface area contributed by atoms with Crippen LogP contribution in [0.5, 0.6) is 0 Å². The molecule has 0 aliphatic carbocycles. The van der Waals surface area contributed by atoms with E-state index in [0.29, 0.717) is 28.5 Å². The molecule has 0 radical (unpaired) electrons. The molecule has 0 saturated carbocycles. The first kappa shape index (κ1) is 27.3. The predicted molar refractivity (Wildman–Crippen MR) is 144 cm³/mol. The quantitative estimate of drug-likeness (QED) is 0.308. The lowest BCUT2D eigenvalue weighted by molar-refractivity contribution is 0.0985. The smallest absolute Gasteiger partial charge is 0.294 e. The normalized spacial score (nSPS) is 12.4. The number of carbonyl (C=O) groups excluding carboxylic acids is 1. The van der Waals surface area contributed by atoms with E-state index >= 15 is 0 Å². The topological polar surface area (TPSA) is 131 Å². The highest BCUT2D eigenvalue weighted by Crippen LogP contribution is 2.38. The molecule has 1 aromatic heterocycles. The number of benzene rings is 3. The fourth-order valence-corrected chi connectivity index (χ4v) is 4.53. The van der Waals surface area contributed by atoms with E-state index in [9.17, 15) is 17.6 Å². The van der Waals surface area contributed by atoms with Crippen molar-refractivity contribution in [3.05, 3.63) is 100.0 Å². The van der Waals surface area contributed by atoms with Crippen LogP contribution in [0, 0.1) is 12.7 Å². The van der Waals surface area contributed by atoms with Crippen LogP contribution in [0.4, 0.5) is 21.6 Å². The fourth-order valence-electron chi connectivity index (χ4n) is 3.88. The molecule has 0 saturated heterocycles. The first-order valence-corrected chi connectivity index (χ1v) is 13.2. The third-order valence-corrected chi connectivity index (χ3v) is 7.03. The molecule has 1 amide bonds. The Balaban J connectivity index is 0.000000257. The number of carbonyl (C=O) groups is 1. The van der Waals surface area contributed by atoms with Gasteiger partial charge in [0.1, 0.15) is 11.6 Å². The van der Waals surface area contributed by atoms with E-state index in [4.69, 9.17) is 21.9 Å². The lowest BCUT2D eigenvalue weighted by Gasteiger charge is -2.23. The minimum Gasteiger partial charge on any atom is -0.338 e. The van der Waals surface area contributed by atoms with Gasteiger partial charge in [-0.15, -0.1) is 0 Å². The Morgan fingerprint density at radius 3 is 2.50 bits per heavy atom. The SMILES string of the molecule is Cc1ccc(S(=O)(=O)O)cc1.Cn1ncc2c1Nc1cc(Cl)ccc1N(C(=O)c1ccc(CN)c(F)c1)C2. The number of anilines is 3. The number of aromatic nitrogens is 2. The number of aryl methyl sites for hydroxylation is 2. The van der Waals surface area contributed by atoms with E-state index in [1.807, 2.05) is 14.0 Å². The van der Waals surface area contributed by atoms with Gasteiger partial charge in [0.25, 0.3) is 16.0 Å². The molecule has 12 heteroatoms. The van der Waals surface area contributed by atoms with E-state index in [0.717, 1.165) is 16.9 Å². The molecular weight excluding hydrogens is 533 g/mol. The maximum Gasteiger partial charge on any atom is 0.294 e. The van der Waals surface area contributed by atoms with Gasteiger partial charge in [-0.1, -0.05) is 35.4 Å². The lowest BCUT2D eigenvalue weighted by atomic mass is 10.1. The van der Waals surface area contributed by atoms with Crippen LogP contribution in [0.2, 0.25) is 5.02 Å². The Kier molecular flexibility index (Phi) is 7.83. The van der Waals surface area contributed by atoms with Crippen molar-refractivity contribution in [2.45, 2.75) is 24.9 Å². The van der Waals surface area contributed by atoms with Crippen molar-refractivity contribution in [2.24, 2.45) is 12.8 Å². The Bertz CT molecular complexity index is 1610. The predicted octanol–water partition coefficient (Wildman–Crippen LogP) is 4.82. The van der Waals surface area contributed by atoms with Gasteiger partial charge in [0.05, 0.1) is 29.0 Å². The molecule has 1 aliphatic heterocycles. The summed E-state index contributed by atoms with van der Waals surface area (Å²) >= 11 is 6.14. The third-order valence-electron chi connectivity index (χ3n) is 5.93. The van der Waals surface area contributed by atoms with Crippen LogP contribution in [0.15, 0.2) is 71.8 Å². The number of amides is 1. The Morgan fingerprint density at radius 2 is 1.87 bits per heavy atom. The summed E-state index contributed by atoms with van der Waals surface area (Å²) in [4.78, 5) is 14.7. The second-order valence-electron chi connectivity index (χ2n) is 8.62. The van der Waals surface area contributed by atoms with Crippen LogP contribution in [0.3, 0.4) is 0 Å². The number of hydrogen-bond donors (Lipinski definition) is 3. The first-order valence-electron chi connectivity index (χ1n) is 11.4. The average Bonchev–Trinajstić information content (AvgIpc) is 3.12. The molecule has 9 nitrogen and oxygen atoms in total. The van der Waals surface area contributed by atoms with E-state index in [1.54, 1.807) is 52.2 Å².